The molecule has 4 nitrogen and oxygen atoms in total. The van der Waals surface area contributed by atoms with Crippen molar-refractivity contribution in [3.05, 3.63) is 35.9 Å². The van der Waals surface area contributed by atoms with Crippen LogP contribution >= 0.6 is 0 Å². The molecule has 0 fully saturated rings. The molecule has 1 rings (SSSR count). The molecule has 0 aliphatic rings. The van der Waals surface area contributed by atoms with Crippen LogP contribution in [-0.4, -0.2) is 40.7 Å². The Morgan fingerprint density at radius 1 is 1.00 bits per heavy atom. The van der Waals surface area contributed by atoms with Gasteiger partial charge in [0.2, 0.25) is 0 Å². The highest BCUT2D eigenvalue weighted by Gasteiger charge is 2.27. The van der Waals surface area contributed by atoms with Crippen molar-refractivity contribution < 1.29 is 9.59 Å². The number of carbonyl (C=O) groups excluding carboxylic acids is 2. The Morgan fingerprint density at radius 3 is 2.00 bits per heavy atom. The molecule has 4 heteroatoms. The van der Waals surface area contributed by atoms with Crippen LogP contribution in [0.15, 0.2) is 30.3 Å². The molecule has 110 valence electrons. The third-order valence-electron chi connectivity index (χ3n) is 3.31. The van der Waals surface area contributed by atoms with Crippen LogP contribution in [0.1, 0.15) is 33.3 Å². The Balaban J connectivity index is 2.86. The second-order valence-corrected chi connectivity index (χ2v) is 4.99. The summed E-state index contributed by atoms with van der Waals surface area (Å²) in [6.45, 7) is 9.19. The Morgan fingerprint density at radius 2 is 1.55 bits per heavy atom. The van der Waals surface area contributed by atoms with Gasteiger partial charge in [-0.3, -0.25) is 9.59 Å². The van der Waals surface area contributed by atoms with Gasteiger partial charge in [0, 0.05) is 25.7 Å². The normalized spacial score (nSPS) is 10.4. The Hall–Kier alpha value is -1.84. The number of benzene rings is 1. The van der Waals surface area contributed by atoms with E-state index in [1.807, 2.05) is 58.0 Å². The lowest BCUT2D eigenvalue weighted by Crippen LogP contribution is -2.47. The van der Waals surface area contributed by atoms with Crippen LogP contribution in [0, 0.1) is 0 Å². The molecule has 1 aromatic rings. The van der Waals surface area contributed by atoms with E-state index in [-0.39, 0.29) is 6.04 Å². The second kappa shape index (κ2) is 7.68. The van der Waals surface area contributed by atoms with Crippen molar-refractivity contribution in [2.45, 2.75) is 40.3 Å². The van der Waals surface area contributed by atoms with Crippen LogP contribution in [0.2, 0.25) is 0 Å². The minimum atomic E-state index is -0.424. The van der Waals surface area contributed by atoms with E-state index in [0.717, 1.165) is 5.56 Å². The number of amides is 2. The van der Waals surface area contributed by atoms with E-state index in [0.29, 0.717) is 19.6 Å². The minimum absolute atomic E-state index is 0.0118. The van der Waals surface area contributed by atoms with Gasteiger partial charge in [-0.1, -0.05) is 30.3 Å². The zero-order chi connectivity index (χ0) is 15.1. The van der Waals surface area contributed by atoms with E-state index in [1.165, 1.54) is 0 Å². The molecule has 0 unspecified atom stereocenters. The maximum absolute atomic E-state index is 12.4. The van der Waals surface area contributed by atoms with Crippen molar-refractivity contribution in [3.63, 3.8) is 0 Å². The van der Waals surface area contributed by atoms with Crippen LogP contribution in [0.3, 0.4) is 0 Å². The van der Waals surface area contributed by atoms with Gasteiger partial charge in [-0.05, 0) is 33.3 Å². The topological polar surface area (TPSA) is 40.6 Å². The van der Waals surface area contributed by atoms with Crippen LogP contribution in [-0.2, 0) is 16.1 Å². The Labute approximate surface area is 121 Å². The Bertz CT molecular complexity index is 439. The van der Waals surface area contributed by atoms with Gasteiger partial charge in [-0.15, -0.1) is 0 Å². The molecular weight excluding hydrogens is 252 g/mol. The van der Waals surface area contributed by atoms with Crippen LogP contribution in [0.5, 0.6) is 0 Å². The molecule has 2 amide bonds. The SMILES string of the molecule is CCN(CC)C(=O)C(=O)N(Cc1ccccc1)C(C)C. The average molecular weight is 276 g/mol. The first kappa shape index (κ1) is 16.2. The number of likely N-dealkylation sites (N-methyl/N-ethyl adjacent to an activating group) is 1. The maximum atomic E-state index is 12.4. The first-order chi connectivity index (χ1) is 9.51. The lowest BCUT2D eigenvalue weighted by Gasteiger charge is -2.28. The number of nitrogens with zero attached hydrogens (tertiary/aromatic N) is 2. The molecule has 0 N–H and O–H groups in total. The van der Waals surface area contributed by atoms with Crippen molar-refractivity contribution in [2.75, 3.05) is 13.1 Å². The van der Waals surface area contributed by atoms with E-state index in [1.54, 1.807) is 9.80 Å². The summed E-state index contributed by atoms with van der Waals surface area (Å²) in [4.78, 5) is 27.7. The molecule has 1 aromatic carbocycles. The van der Waals surface area contributed by atoms with Gasteiger partial charge in [0.05, 0.1) is 0 Å². The van der Waals surface area contributed by atoms with Crippen molar-refractivity contribution in [1.82, 2.24) is 9.80 Å². The number of hydrogen-bond acceptors (Lipinski definition) is 2. The molecule has 0 atom stereocenters. The van der Waals surface area contributed by atoms with Crippen molar-refractivity contribution >= 4 is 11.8 Å². The predicted octanol–water partition coefficient (Wildman–Crippen LogP) is 2.29. The first-order valence-corrected chi connectivity index (χ1v) is 7.15. The van der Waals surface area contributed by atoms with Gasteiger partial charge in [0.15, 0.2) is 0 Å². The molecule has 0 aliphatic carbocycles. The fourth-order valence-corrected chi connectivity index (χ4v) is 2.04. The lowest BCUT2D eigenvalue weighted by molar-refractivity contribution is -0.153. The van der Waals surface area contributed by atoms with Gasteiger partial charge in [-0.25, -0.2) is 0 Å². The van der Waals surface area contributed by atoms with Gasteiger partial charge >= 0.3 is 11.8 Å². The van der Waals surface area contributed by atoms with Gasteiger partial charge in [0.1, 0.15) is 0 Å². The van der Waals surface area contributed by atoms with E-state index in [4.69, 9.17) is 0 Å². The number of rotatable bonds is 5. The van der Waals surface area contributed by atoms with Crippen LogP contribution in [0.25, 0.3) is 0 Å². The van der Waals surface area contributed by atoms with Gasteiger partial charge < -0.3 is 9.80 Å². The summed E-state index contributed by atoms with van der Waals surface area (Å²) in [5.74, 6) is -0.841. The highest BCUT2D eigenvalue weighted by atomic mass is 16.2. The molecule has 0 bridgehead atoms. The summed E-state index contributed by atoms with van der Waals surface area (Å²) in [5.41, 5.74) is 1.03. The van der Waals surface area contributed by atoms with Crippen LogP contribution < -0.4 is 0 Å². The van der Waals surface area contributed by atoms with E-state index >= 15 is 0 Å². The predicted molar refractivity (Wildman–Crippen MR) is 80.1 cm³/mol. The van der Waals surface area contributed by atoms with Gasteiger partial charge in [-0.2, -0.15) is 0 Å². The quantitative estimate of drug-likeness (QED) is 0.774. The molecule has 0 heterocycles. The summed E-state index contributed by atoms with van der Waals surface area (Å²) in [6.07, 6.45) is 0. The van der Waals surface area contributed by atoms with Crippen LogP contribution in [0.4, 0.5) is 0 Å². The molecule has 0 aromatic heterocycles. The monoisotopic (exact) mass is 276 g/mol. The average Bonchev–Trinajstić information content (AvgIpc) is 2.46. The number of hydrogen-bond donors (Lipinski definition) is 0. The molecule has 0 saturated heterocycles. The molecule has 0 spiro atoms. The summed E-state index contributed by atoms with van der Waals surface area (Å²) in [5, 5.41) is 0. The summed E-state index contributed by atoms with van der Waals surface area (Å²) in [7, 11) is 0. The largest absolute Gasteiger partial charge is 0.335 e. The minimum Gasteiger partial charge on any atom is -0.335 e. The molecule has 0 radical (unpaired) electrons. The third-order valence-corrected chi connectivity index (χ3v) is 3.31. The molecule has 20 heavy (non-hydrogen) atoms. The second-order valence-electron chi connectivity index (χ2n) is 4.99. The fraction of sp³-hybridized carbons (Fsp3) is 0.500. The molecular formula is C16H24N2O2. The lowest BCUT2D eigenvalue weighted by atomic mass is 10.2. The summed E-state index contributed by atoms with van der Waals surface area (Å²) < 4.78 is 0. The van der Waals surface area contributed by atoms with E-state index in [9.17, 15) is 9.59 Å². The van der Waals surface area contributed by atoms with Crippen molar-refractivity contribution in [3.8, 4) is 0 Å². The fourth-order valence-electron chi connectivity index (χ4n) is 2.04. The summed E-state index contributed by atoms with van der Waals surface area (Å²) >= 11 is 0. The highest BCUT2D eigenvalue weighted by molar-refractivity contribution is 6.34. The van der Waals surface area contributed by atoms with Crippen molar-refractivity contribution in [2.24, 2.45) is 0 Å². The molecule has 0 aliphatic heterocycles. The standard InChI is InChI=1S/C16H24N2O2/c1-5-17(6-2)15(19)16(20)18(13(3)4)12-14-10-8-7-9-11-14/h7-11,13H,5-6,12H2,1-4H3. The highest BCUT2D eigenvalue weighted by Crippen LogP contribution is 2.10. The maximum Gasteiger partial charge on any atom is 0.312 e. The smallest absolute Gasteiger partial charge is 0.312 e. The van der Waals surface area contributed by atoms with E-state index < -0.39 is 11.8 Å². The Kier molecular flexibility index (Phi) is 6.22. The first-order valence-electron chi connectivity index (χ1n) is 7.15. The van der Waals surface area contributed by atoms with Gasteiger partial charge in [0.25, 0.3) is 0 Å². The number of carbonyl (C=O) groups is 2. The zero-order valence-corrected chi connectivity index (χ0v) is 12.8. The van der Waals surface area contributed by atoms with E-state index in [2.05, 4.69) is 0 Å². The van der Waals surface area contributed by atoms with Crippen molar-refractivity contribution in [1.29, 1.82) is 0 Å². The summed E-state index contributed by atoms with van der Waals surface area (Å²) in [6, 6.07) is 9.72. The zero-order valence-electron chi connectivity index (χ0n) is 12.8. The third kappa shape index (κ3) is 4.08. The molecule has 0 saturated carbocycles.